The Morgan fingerprint density at radius 3 is 2.58 bits per heavy atom. The van der Waals surface area contributed by atoms with Crippen molar-refractivity contribution in [1.82, 2.24) is 10.5 Å². The van der Waals surface area contributed by atoms with Crippen LogP contribution in [0.4, 0.5) is 13.2 Å². The molecular weight excluding hydrogens is 329 g/mol. The number of benzene rings is 1. The summed E-state index contributed by atoms with van der Waals surface area (Å²) in [6, 6.07) is 5.53. The van der Waals surface area contributed by atoms with Crippen LogP contribution in [0.5, 0.6) is 5.75 Å². The van der Waals surface area contributed by atoms with Crippen molar-refractivity contribution in [2.75, 3.05) is 13.2 Å². The maximum atomic E-state index is 12.4. The second-order valence-electron chi connectivity index (χ2n) is 5.03. The minimum absolute atomic E-state index is 0.0170. The van der Waals surface area contributed by atoms with Crippen molar-refractivity contribution in [2.45, 2.75) is 19.2 Å². The first-order valence-corrected chi connectivity index (χ1v) is 6.95. The fourth-order valence-electron chi connectivity index (χ4n) is 1.76. The van der Waals surface area contributed by atoms with Crippen molar-refractivity contribution < 1.29 is 32.3 Å². The summed E-state index contributed by atoms with van der Waals surface area (Å²) in [5.74, 6) is -0.341. The van der Waals surface area contributed by atoms with E-state index < -0.39 is 23.8 Å². The van der Waals surface area contributed by atoms with Crippen LogP contribution < -0.4 is 10.1 Å². The summed E-state index contributed by atoms with van der Waals surface area (Å²) < 4.78 is 47.2. The van der Waals surface area contributed by atoms with Gasteiger partial charge >= 0.3 is 6.18 Å². The summed E-state index contributed by atoms with van der Waals surface area (Å²) in [6.45, 7) is 1.35. The minimum atomic E-state index is -4.42. The van der Waals surface area contributed by atoms with Crippen molar-refractivity contribution in [2.24, 2.45) is 0 Å². The van der Waals surface area contributed by atoms with E-state index >= 15 is 0 Å². The minimum Gasteiger partial charge on any atom is -0.491 e. The van der Waals surface area contributed by atoms with Crippen molar-refractivity contribution in [3.05, 3.63) is 47.3 Å². The standard InChI is InChI=1S/C15H15F3N2O4/c1-9-6-13(24-20-9)14(22)19-7-11(21)8-23-12-4-2-10(3-5-12)15(16,17)18/h2-6,11,21H,7-8H2,1H3,(H,19,22). The van der Waals surface area contributed by atoms with E-state index in [2.05, 4.69) is 10.5 Å². The molecule has 24 heavy (non-hydrogen) atoms. The predicted molar refractivity (Wildman–Crippen MR) is 76.5 cm³/mol. The highest BCUT2D eigenvalue weighted by Gasteiger charge is 2.30. The van der Waals surface area contributed by atoms with Gasteiger partial charge in [0.1, 0.15) is 18.5 Å². The molecule has 0 fully saturated rings. The Hall–Kier alpha value is -2.55. The number of aliphatic hydroxyl groups is 1. The van der Waals surface area contributed by atoms with Crippen molar-refractivity contribution >= 4 is 5.91 Å². The van der Waals surface area contributed by atoms with Gasteiger partial charge in [0.05, 0.1) is 11.3 Å². The Kier molecular flexibility index (Phi) is 5.45. The molecule has 2 rings (SSSR count). The van der Waals surface area contributed by atoms with Gasteiger partial charge in [-0.2, -0.15) is 13.2 Å². The lowest BCUT2D eigenvalue weighted by atomic mass is 10.2. The Bertz CT molecular complexity index is 683. The third-order valence-electron chi connectivity index (χ3n) is 2.97. The van der Waals surface area contributed by atoms with Crippen LogP contribution in [0.15, 0.2) is 34.9 Å². The van der Waals surface area contributed by atoms with E-state index in [0.717, 1.165) is 24.3 Å². The van der Waals surface area contributed by atoms with E-state index in [1.54, 1.807) is 6.92 Å². The summed E-state index contributed by atoms with van der Waals surface area (Å²) >= 11 is 0. The number of hydrogen-bond acceptors (Lipinski definition) is 5. The van der Waals surface area contributed by atoms with E-state index in [1.807, 2.05) is 0 Å². The fourth-order valence-corrected chi connectivity index (χ4v) is 1.76. The van der Waals surface area contributed by atoms with Crippen LogP contribution in [0.2, 0.25) is 0 Å². The Morgan fingerprint density at radius 2 is 2.04 bits per heavy atom. The lowest BCUT2D eigenvalue weighted by Gasteiger charge is -2.13. The number of carbonyl (C=O) groups is 1. The van der Waals surface area contributed by atoms with Crippen molar-refractivity contribution in [1.29, 1.82) is 0 Å². The zero-order valence-electron chi connectivity index (χ0n) is 12.6. The normalized spacial score (nSPS) is 12.7. The molecule has 0 spiro atoms. The van der Waals surface area contributed by atoms with E-state index in [-0.39, 0.29) is 24.7 Å². The van der Waals surface area contributed by atoms with E-state index in [0.29, 0.717) is 5.69 Å². The highest BCUT2D eigenvalue weighted by Crippen LogP contribution is 2.30. The second kappa shape index (κ2) is 7.35. The average Bonchev–Trinajstić information content (AvgIpc) is 2.96. The fraction of sp³-hybridized carbons (Fsp3) is 0.333. The number of amides is 1. The number of rotatable bonds is 6. The number of aliphatic hydroxyl groups excluding tert-OH is 1. The largest absolute Gasteiger partial charge is 0.491 e. The van der Waals surface area contributed by atoms with Crippen LogP contribution in [-0.4, -0.2) is 35.4 Å². The number of carbonyl (C=O) groups excluding carboxylic acids is 1. The maximum Gasteiger partial charge on any atom is 0.416 e. The average molecular weight is 344 g/mol. The topological polar surface area (TPSA) is 84.6 Å². The monoisotopic (exact) mass is 344 g/mol. The highest BCUT2D eigenvalue weighted by atomic mass is 19.4. The summed E-state index contributed by atoms with van der Waals surface area (Å²) in [5, 5.41) is 15.7. The van der Waals surface area contributed by atoms with E-state index in [1.165, 1.54) is 6.07 Å². The first-order chi connectivity index (χ1) is 11.3. The predicted octanol–water partition coefficient (Wildman–Crippen LogP) is 2.17. The lowest BCUT2D eigenvalue weighted by Crippen LogP contribution is -2.35. The summed E-state index contributed by atoms with van der Waals surface area (Å²) in [4.78, 5) is 11.7. The number of aromatic nitrogens is 1. The molecule has 130 valence electrons. The molecule has 0 bridgehead atoms. The Morgan fingerprint density at radius 1 is 1.38 bits per heavy atom. The van der Waals surface area contributed by atoms with Gasteiger partial charge in [0.25, 0.3) is 5.91 Å². The van der Waals surface area contributed by atoms with Gasteiger partial charge in [0.2, 0.25) is 5.76 Å². The van der Waals surface area contributed by atoms with Crippen LogP contribution in [-0.2, 0) is 6.18 Å². The number of hydrogen-bond donors (Lipinski definition) is 2. The molecule has 1 heterocycles. The molecule has 0 radical (unpaired) electrons. The van der Waals surface area contributed by atoms with Gasteiger partial charge in [0, 0.05) is 12.6 Å². The molecular formula is C15H15F3N2O4. The third kappa shape index (κ3) is 4.98. The number of alkyl halides is 3. The van der Waals surface area contributed by atoms with Crippen LogP contribution in [0.1, 0.15) is 21.8 Å². The molecule has 0 aliphatic heterocycles. The van der Waals surface area contributed by atoms with Gasteiger partial charge in [-0.15, -0.1) is 0 Å². The smallest absolute Gasteiger partial charge is 0.416 e. The quantitative estimate of drug-likeness (QED) is 0.839. The van der Waals surface area contributed by atoms with Crippen LogP contribution in [0, 0.1) is 6.92 Å². The van der Waals surface area contributed by atoms with Gasteiger partial charge in [-0.25, -0.2) is 0 Å². The molecule has 0 saturated heterocycles. The molecule has 2 N–H and O–H groups in total. The van der Waals surface area contributed by atoms with Crippen LogP contribution in [0.25, 0.3) is 0 Å². The van der Waals surface area contributed by atoms with Crippen LogP contribution >= 0.6 is 0 Å². The number of nitrogens with one attached hydrogen (secondary N) is 1. The molecule has 1 unspecified atom stereocenters. The first-order valence-electron chi connectivity index (χ1n) is 6.95. The number of nitrogens with zero attached hydrogens (tertiary/aromatic N) is 1. The van der Waals surface area contributed by atoms with Gasteiger partial charge in [-0.05, 0) is 31.2 Å². The molecule has 1 amide bonds. The number of halogens is 3. The number of ether oxygens (including phenoxy) is 1. The van der Waals surface area contributed by atoms with Crippen molar-refractivity contribution in [3.8, 4) is 5.75 Å². The Labute approximate surface area is 135 Å². The van der Waals surface area contributed by atoms with Gasteiger partial charge in [-0.3, -0.25) is 4.79 Å². The SMILES string of the molecule is Cc1cc(C(=O)NCC(O)COc2ccc(C(F)(F)F)cc2)on1. The van der Waals surface area contributed by atoms with Gasteiger partial charge < -0.3 is 19.7 Å². The van der Waals surface area contributed by atoms with Gasteiger partial charge in [0.15, 0.2) is 0 Å². The summed E-state index contributed by atoms with van der Waals surface area (Å²) in [7, 11) is 0. The van der Waals surface area contributed by atoms with Gasteiger partial charge in [-0.1, -0.05) is 5.16 Å². The molecule has 1 atom stereocenters. The molecule has 6 nitrogen and oxygen atoms in total. The summed E-state index contributed by atoms with van der Waals surface area (Å²) in [5.41, 5.74) is -0.239. The molecule has 0 aliphatic rings. The lowest BCUT2D eigenvalue weighted by molar-refractivity contribution is -0.137. The molecule has 0 aliphatic carbocycles. The van der Waals surface area contributed by atoms with Crippen molar-refractivity contribution in [3.63, 3.8) is 0 Å². The second-order valence-corrected chi connectivity index (χ2v) is 5.03. The van der Waals surface area contributed by atoms with Crippen LogP contribution in [0.3, 0.4) is 0 Å². The summed E-state index contributed by atoms with van der Waals surface area (Å²) in [6.07, 6.45) is -5.46. The maximum absolute atomic E-state index is 12.4. The zero-order chi connectivity index (χ0) is 17.7. The first kappa shape index (κ1) is 17.8. The number of aryl methyl sites for hydroxylation is 1. The highest BCUT2D eigenvalue weighted by molar-refractivity contribution is 5.91. The zero-order valence-corrected chi connectivity index (χ0v) is 12.6. The third-order valence-corrected chi connectivity index (χ3v) is 2.97. The molecule has 1 aromatic carbocycles. The van der Waals surface area contributed by atoms with E-state index in [4.69, 9.17) is 9.26 Å². The Balaban J connectivity index is 1.76. The molecule has 1 aromatic heterocycles. The molecule has 9 heteroatoms. The molecule has 2 aromatic rings. The van der Waals surface area contributed by atoms with E-state index in [9.17, 15) is 23.1 Å². The molecule has 0 saturated carbocycles.